The van der Waals surface area contributed by atoms with Gasteiger partial charge in [0.15, 0.2) is 0 Å². The first-order chi connectivity index (χ1) is 15.7. The van der Waals surface area contributed by atoms with Gasteiger partial charge in [-0.25, -0.2) is 9.97 Å². The van der Waals surface area contributed by atoms with Crippen LogP contribution in [0.25, 0.3) is 11.3 Å². The number of hydrogen-bond acceptors (Lipinski definition) is 5. The second-order valence-corrected chi connectivity index (χ2v) is 7.71. The number of hydrogen-bond donors (Lipinski definition) is 1. The minimum absolute atomic E-state index is 0.0577. The van der Waals surface area contributed by atoms with Crippen LogP contribution in [-0.2, 0) is 0 Å². The average molecular weight is 430 g/mol. The Bertz CT molecular complexity index is 1090. The van der Waals surface area contributed by atoms with E-state index in [-0.39, 0.29) is 5.91 Å². The molecular weight excluding hydrogens is 402 g/mol. The van der Waals surface area contributed by atoms with Crippen LogP contribution in [0.4, 0.5) is 0 Å². The molecule has 3 aromatic rings. The van der Waals surface area contributed by atoms with Crippen molar-refractivity contribution in [3.05, 3.63) is 78.1 Å². The molecule has 4 rings (SSSR count). The molecule has 1 aliphatic carbocycles. The van der Waals surface area contributed by atoms with Crippen molar-refractivity contribution >= 4 is 5.91 Å². The Morgan fingerprint density at radius 3 is 2.66 bits per heavy atom. The van der Waals surface area contributed by atoms with Crippen molar-refractivity contribution in [1.29, 1.82) is 0 Å². The molecule has 6 nitrogen and oxygen atoms in total. The first-order valence-electron chi connectivity index (χ1n) is 10.9. The van der Waals surface area contributed by atoms with E-state index in [4.69, 9.17) is 9.47 Å². The largest absolute Gasteiger partial charge is 0.497 e. The maximum Gasteiger partial charge on any atom is 0.251 e. The summed E-state index contributed by atoms with van der Waals surface area (Å²) in [6, 6.07) is 16.5. The Morgan fingerprint density at radius 2 is 1.88 bits per heavy atom. The van der Waals surface area contributed by atoms with Crippen molar-refractivity contribution in [2.75, 3.05) is 13.7 Å². The number of rotatable bonds is 8. The summed E-state index contributed by atoms with van der Waals surface area (Å²) in [6.07, 6.45) is 9.58. The van der Waals surface area contributed by atoms with E-state index in [1.54, 1.807) is 19.2 Å². The highest BCUT2D eigenvalue weighted by molar-refractivity contribution is 5.94. The van der Waals surface area contributed by atoms with E-state index in [0.717, 1.165) is 18.4 Å². The summed E-state index contributed by atoms with van der Waals surface area (Å²) >= 11 is 0. The van der Waals surface area contributed by atoms with Crippen LogP contribution in [0.5, 0.6) is 17.4 Å². The number of allylic oxidation sites excluding steroid dienone is 1. The number of ether oxygens (including phenoxy) is 2. The molecule has 0 bridgehead atoms. The van der Waals surface area contributed by atoms with Crippen LogP contribution in [0, 0.1) is 0 Å². The van der Waals surface area contributed by atoms with Crippen molar-refractivity contribution in [2.24, 2.45) is 0 Å². The molecule has 2 aromatic carbocycles. The summed E-state index contributed by atoms with van der Waals surface area (Å²) in [4.78, 5) is 21.0. The molecule has 0 radical (unpaired) electrons. The molecule has 0 saturated heterocycles. The third-order valence-corrected chi connectivity index (χ3v) is 5.47. The number of nitrogens with one attached hydrogen (secondary N) is 1. The van der Waals surface area contributed by atoms with E-state index in [0.29, 0.717) is 35.2 Å². The van der Waals surface area contributed by atoms with Gasteiger partial charge in [0.2, 0.25) is 5.88 Å². The van der Waals surface area contributed by atoms with Gasteiger partial charge in [-0.15, -0.1) is 0 Å². The van der Waals surface area contributed by atoms with E-state index < -0.39 is 0 Å². The Kier molecular flexibility index (Phi) is 7.12. The van der Waals surface area contributed by atoms with E-state index in [1.165, 1.54) is 31.2 Å². The molecule has 164 valence electrons. The Labute approximate surface area is 188 Å². The van der Waals surface area contributed by atoms with E-state index in [9.17, 15) is 4.79 Å². The Morgan fingerprint density at radius 1 is 1.03 bits per heavy atom. The summed E-state index contributed by atoms with van der Waals surface area (Å²) < 4.78 is 11.1. The van der Waals surface area contributed by atoms with Gasteiger partial charge in [0.05, 0.1) is 12.8 Å². The highest BCUT2D eigenvalue weighted by atomic mass is 16.5. The van der Waals surface area contributed by atoms with Gasteiger partial charge >= 0.3 is 0 Å². The fourth-order valence-corrected chi connectivity index (χ4v) is 3.70. The van der Waals surface area contributed by atoms with Crippen molar-refractivity contribution < 1.29 is 14.3 Å². The van der Waals surface area contributed by atoms with Gasteiger partial charge in [-0.2, -0.15) is 0 Å². The average Bonchev–Trinajstić information content (AvgIpc) is 2.85. The van der Waals surface area contributed by atoms with Crippen LogP contribution in [-0.4, -0.2) is 29.5 Å². The fourth-order valence-electron chi connectivity index (χ4n) is 3.70. The summed E-state index contributed by atoms with van der Waals surface area (Å²) in [5.74, 6) is 1.71. The molecule has 32 heavy (non-hydrogen) atoms. The van der Waals surface area contributed by atoms with E-state index in [2.05, 4.69) is 21.4 Å². The van der Waals surface area contributed by atoms with Crippen molar-refractivity contribution in [1.82, 2.24) is 15.3 Å². The number of methoxy groups -OCH3 is 1. The van der Waals surface area contributed by atoms with Gasteiger partial charge in [-0.1, -0.05) is 29.8 Å². The molecule has 0 atom stereocenters. The van der Waals surface area contributed by atoms with Gasteiger partial charge < -0.3 is 14.8 Å². The Hall–Kier alpha value is -3.67. The molecule has 1 aromatic heterocycles. The number of nitrogens with zero attached hydrogens (tertiary/aromatic N) is 2. The zero-order valence-corrected chi connectivity index (χ0v) is 18.2. The van der Waals surface area contributed by atoms with Gasteiger partial charge in [0.1, 0.15) is 17.8 Å². The molecule has 1 N–H and O–H groups in total. The van der Waals surface area contributed by atoms with Crippen LogP contribution in [0.1, 0.15) is 42.5 Å². The molecule has 6 heteroatoms. The highest BCUT2D eigenvalue weighted by Gasteiger charge is 2.09. The maximum absolute atomic E-state index is 12.5. The third kappa shape index (κ3) is 5.72. The van der Waals surface area contributed by atoms with Crippen LogP contribution in [0.3, 0.4) is 0 Å². The first kappa shape index (κ1) is 21.6. The SMILES string of the molecule is COc1cccc(Oc2cc(-c3ccc(C(=O)NCCC4=CCCCC4)cc3)ncn2)c1. The smallest absolute Gasteiger partial charge is 0.251 e. The van der Waals surface area contributed by atoms with E-state index in [1.807, 2.05) is 42.5 Å². The zero-order valence-electron chi connectivity index (χ0n) is 18.2. The number of benzene rings is 2. The molecule has 1 heterocycles. The van der Waals surface area contributed by atoms with Crippen LogP contribution >= 0.6 is 0 Å². The third-order valence-electron chi connectivity index (χ3n) is 5.47. The van der Waals surface area contributed by atoms with Crippen LogP contribution in [0.15, 0.2) is 72.6 Å². The first-order valence-corrected chi connectivity index (χ1v) is 10.9. The van der Waals surface area contributed by atoms with Gasteiger partial charge in [-0.05, 0) is 56.4 Å². The lowest BCUT2D eigenvalue weighted by molar-refractivity contribution is 0.0954. The second-order valence-electron chi connectivity index (χ2n) is 7.71. The van der Waals surface area contributed by atoms with Gasteiger partial charge in [-0.3, -0.25) is 4.79 Å². The summed E-state index contributed by atoms with van der Waals surface area (Å²) in [5.41, 5.74) is 3.69. The minimum atomic E-state index is -0.0577. The summed E-state index contributed by atoms with van der Waals surface area (Å²) in [6.45, 7) is 0.670. The predicted molar refractivity (Wildman–Crippen MR) is 124 cm³/mol. The fraction of sp³-hybridized carbons (Fsp3) is 0.269. The molecule has 0 aliphatic heterocycles. The number of amides is 1. The standard InChI is InChI=1S/C26H27N3O3/c1-31-22-8-5-9-23(16-22)32-25-17-24(28-18-29-25)20-10-12-21(13-11-20)26(30)27-15-14-19-6-3-2-4-7-19/h5-6,8-13,16-18H,2-4,7,14-15H2,1H3,(H,27,30). The van der Waals surface area contributed by atoms with Gasteiger partial charge in [0, 0.05) is 29.8 Å². The molecular formula is C26H27N3O3. The van der Waals surface area contributed by atoms with Crippen LogP contribution < -0.4 is 14.8 Å². The van der Waals surface area contributed by atoms with Crippen molar-refractivity contribution in [2.45, 2.75) is 32.1 Å². The summed E-state index contributed by atoms with van der Waals surface area (Å²) in [7, 11) is 1.61. The topological polar surface area (TPSA) is 73.3 Å². The number of carbonyl (C=O) groups excluding carboxylic acids is 1. The number of aromatic nitrogens is 2. The minimum Gasteiger partial charge on any atom is -0.497 e. The molecule has 0 saturated carbocycles. The Balaban J connectivity index is 1.37. The van der Waals surface area contributed by atoms with Crippen molar-refractivity contribution in [3.63, 3.8) is 0 Å². The van der Waals surface area contributed by atoms with E-state index >= 15 is 0 Å². The zero-order chi connectivity index (χ0) is 22.2. The lowest BCUT2D eigenvalue weighted by Crippen LogP contribution is -2.24. The quantitative estimate of drug-likeness (QED) is 0.474. The number of carbonyl (C=O) groups is 1. The predicted octanol–water partition coefficient (Wildman–Crippen LogP) is 5.56. The monoisotopic (exact) mass is 429 g/mol. The lowest BCUT2D eigenvalue weighted by atomic mass is 9.97. The van der Waals surface area contributed by atoms with Crippen LogP contribution in [0.2, 0.25) is 0 Å². The molecule has 0 unspecified atom stereocenters. The normalized spacial score (nSPS) is 13.2. The maximum atomic E-state index is 12.5. The molecule has 1 amide bonds. The molecule has 1 aliphatic rings. The summed E-state index contributed by atoms with van der Waals surface area (Å²) in [5, 5.41) is 3.02. The highest BCUT2D eigenvalue weighted by Crippen LogP contribution is 2.26. The lowest BCUT2D eigenvalue weighted by Gasteiger charge is -2.13. The van der Waals surface area contributed by atoms with Crippen molar-refractivity contribution in [3.8, 4) is 28.6 Å². The second kappa shape index (κ2) is 10.6. The molecule has 0 fully saturated rings. The molecule has 0 spiro atoms. The van der Waals surface area contributed by atoms with Gasteiger partial charge in [0.25, 0.3) is 5.91 Å².